The molecule has 0 spiro atoms. The molecule has 2 aromatic rings. The van der Waals surface area contributed by atoms with E-state index in [2.05, 4.69) is 15.9 Å². The van der Waals surface area contributed by atoms with Crippen molar-refractivity contribution in [1.82, 2.24) is 0 Å². The van der Waals surface area contributed by atoms with E-state index in [0.29, 0.717) is 11.1 Å². The molecule has 0 aromatic heterocycles. The van der Waals surface area contributed by atoms with Crippen molar-refractivity contribution in [1.29, 1.82) is 0 Å². The van der Waals surface area contributed by atoms with Crippen molar-refractivity contribution in [2.24, 2.45) is 0 Å². The van der Waals surface area contributed by atoms with Crippen molar-refractivity contribution in [3.8, 4) is 11.1 Å². The highest BCUT2D eigenvalue weighted by Gasteiger charge is 2.10. The van der Waals surface area contributed by atoms with Crippen LogP contribution in [0.4, 0.5) is 8.78 Å². The Morgan fingerprint density at radius 3 is 2.38 bits per heavy atom. The van der Waals surface area contributed by atoms with Gasteiger partial charge in [0.2, 0.25) is 0 Å². The largest absolute Gasteiger partial charge is 0.207 e. The Bertz CT molecular complexity index is 541. The van der Waals surface area contributed by atoms with Gasteiger partial charge < -0.3 is 0 Å². The minimum Gasteiger partial charge on any atom is -0.207 e. The zero-order valence-corrected chi connectivity index (χ0v) is 10.3. The van der Waals surface area contributed by atoms with Crippen LogP contribution in [0.15, 0.2) is 40.9 Å². The fourth-order valence-corrected chi connectivity index (χ4v) is 2.04. The molecule has 2 rings (SSSR count). The number of hydrogen-bond acceptors (Lipinski definition) is 0. The van der Waals surface area contributed by atoms with Gasteiger partial charge >= 0.3 is 0 Å². The van der Waals surface area contributed by atoms with Crippen molar-refractivity contribution in [3.63, 3.8) is 0 Å². The van der Waals surface area contributed by atoms with E-state index < -0.39 is 11.6 Å². The van der Waals surface area contributed by atoms with Crippen LogP contribution in [0.5, 0.6) is 0 Å². The van der Waals surface area contributed by atoms with Crippen molar-refractivity contribution in [3.05, 3.63) is 57.5 Å². The van der Waals surface area contributed by atoms with Crippen LogP contribution in [0.25, 0.3) is 11.1 Å². The summed E-state index contributed by atoms with van der Waals surface area (Å²) in [5.41, 5.74) is 0.821. The monoisotopic (exact) mass is 302 g/mol. The molecule has 4 heteroatoms. The number of halogens is 4. The SMILES string of the molecule is Fc1ccc(-c2cc(Br)ccc2F)c(Cl)c1. The molecule has 0 bridgehead atoms. The third-order valence-electron chi connectivity index (χ3n) is 2.15. The van der Waals surface area contributed by atoms with Gasteiger partial charge in [-0.2, -0.15) is 0 Å². The zero-order valence-electron chi connectivity index (χ0n) is 7.98. The fourth-order valence-electron chi connectivity index (χ4n) is 1.41. The van der Waals surface area contributed by atoms with E-state index in [4.69, 9.17) is 11.6 Å². The van der Waals surface area contributed by atoms with Crippen LogP contribution in [0, 0.1) is 11.6 Å². The van der Waals surface area contributed by atoms with Gasteiger partial charge in [0.15, 0.2) is 0 Å². The molecule has 0 fully saturated rings. The lowest BCUT2D eigenvalue weighted by Crippen LogP contribution is -1.86. The molecule has 0 aliphatic carbocycles. The summed E-state index contributed by atoms with van der Waals surface area (Å²) >= 11 is 9.12. The first-order valence-electron chi connectivity index (χ1n) is 4.48. The molecule has 0 unspecified atom stereocenters. The molecule has 0 aliphatic rings. The third-order valence-corrected chi connectivity index (χ3v) is 2.96. The molecule has 2 aromatic carbocycles. The molecule has 0 N–H and O–H groups in total. The molecule has 0 nitrogen and oxygen atoms in total. The predicted octanol–water partition coefficient (Wildman–Crippen LogP) is 5.05. The number of rotatable bonds is 1. The van der Waals surface area contributed by atoms with Gasteiger partial charge in [-0.3, -0.25) is 0 Å². The first-order valence-corrected chi connectivity index (χ1v) is 5.65. The van der Waals surface area contributed by atoms with Gasteiger partial charge in [0.25, 0.3) is 0 Å². The van der Waals surface area contributed by atoms with E-state index in [0.717, 1.165) is 10.5 Å². The number of hydrogen-bond donors (Lipinski definition) is 0. The van der Waals surface area contributed by atoms with Crippen molar-refractivity contribution < 1.29 is 8.78 Å². The normalized spacial score (nSPS) is 10.5. The van der Waals surface area contributed by atoms with Gasteiger partial charge in [0.05, 0.1) is 5.02 Å². The molecule has 0 radical (unpaired) electrons. The maximum Gasteiger partial charge on any atom is 0.131 e. The summed E-state index contributed by atoms with van der Waals surface area (Å²) in [5, 5.41) is 0.192. The maximum atomic E-state index is 13.6. The number of benzene rings is 2. The summed E-state index contributed by atoms with van der Waals surface area (Å²) in [6.45, 7) is 0. The van der Waals surface area contributed by atoms with Crippen LogP contribution in [0.1, 0.15) is 0 Å². The average molecular weight is 304 g/mol. The minimum absolute atomic E-state index is 0.192. The zero-order chi connectivity index (χ0) is 11.7. The van der Waals surface area contributed by atoms with Crippen LogP contribution in [0.3, 0.4) is 0 Å². The Morgan fingerprint density at radius 2 is 1.69 bits per heavy atom. The molecule has 16 heavy (non-hydrogen) atoms. The predicted molar refractivity (Wildman–Crippen MR) is 64.5 cm³/mol. The smallest absolute Gasteiger partial charge is 0.131 e. The van der Waals surface area contributed by atoms with Crippen LogP contribution in [0.2, 0.25) is 5.02 Å². The summed E-state index contributed by atoms with van der Waals surface area (Å²) in [6, 6.07) is 8.41. The summed E-state index contributed by atoms with van der Waals surface area (Å²) in [7, 11) is 0. The highest BCUT2D eigenvalue weighted by molar-refractivity contribution is 9.10. The molecule has 0 atom stereocenters. The second-order valence-electron chi connectivity index (χ2n) is 3.25. The van der Waals surface area contributed by atoms with Gasteiger partial charge in [-0.25, -0.2) is 8.78 Å². The highest BCUT2D eigenvalue weighted by Crippen LogP contribution is 2.32. The lowest BCUT2D eigenvalue weighted by molar-refractivity contribution is 0.625. The van der Waals surface area contributed by atoms with E-state index in [9.17, 15) is 8.78 Å². The van der Waals surface area contributed by atoms with Gasteiger partial charge in [0.1, 0.15) is 11.6 Å². The van der Waals surface area contributed by atoms with Crippen LogP contribution < -0.4 is 0 Å². The molecule has 0 saturated carbocycles. The molecule has 82 valence electrons. The van der Waals surface area contributed by atoms with Crippen molar-refractivity contribution >= 4 is 27.5 Å². The van der Waals surface area contributed by atoms with E-state index in [-0.39, 0.29) is 5.02 Å². The summed E-state index contributed by atoms with van der Waals surface area (Å²) in [6.07, 6.45) is 0. The highest BCUT2D eigenvalue weighted by atomic mass is 79.9. The van der Waals surface area contributed by atoms with E-state index >= 15 is 0 Å². The first-order chi connectivity index (χ1) is 7.58. The topological polar surface area (TPSA) is 0 Å². The lowest BCUT2D eigenvalue weighted by Gasteiger charge is -2.06. The molecular formula is C12H6BrClF2. The summed E-state index contributed by atoms with van der Waals surface area (Å²) < 4.78 is 27.2. The summed E-state index contributed by atoms with van der Waals surface area (Å²) in [5.74, 6) is -0.833. The Hall–Kier alpha value is -0.930. The molecular weight excluding hydrogens is 297 g/mol. The van der Waals surface area contributed by atoms with Gasteiger partial charge in [-0.1, -0.05) is 27.5 Å². The van der Waals surface area contributed by atoms with Gasteiger partial charge in [-0.15, -0.1) is 0 Å². The maximum absolute atomic E-state index is 13.6. The molecule has 0 aliphatic heterocycles. The van der Waals surface area contributed by atoms with E-state index in [1.807, 2.05) is 0 Å². The first kappa shape index (κ1) is 11.6. The van der Waals surface area contributed by atoms with Crippen LogP contribution in [-0.2, 0) is 0 Å². The van der Waals surface area contributed by atoms with Crippen LogP contribution >= 0.6 is 27.5 Å². The van der Waals surface area contributed by atoms with E-state index in [1.165, 1.54) is 18.2 Å². The standard InChI is InChI=1S/C12H6BrClF2/c13-7-1-4-12(16)10(5-7)9-3-2-8(15)6-11(9)14/h1-6H. The van der Waals surface area contributed by atoms with Gasteiger partial charge in [0, 0.05) is 15.6 Å². The fraction of sp³-hybridized carbons (Fsp3) is 0. The second kappa shape index (κ2) is 4.52. The Balaban J connectivity index is 2.62. The molecule has 0 heterocycles. The second-order valence-corrected chi connectivity index (χ2v) is 4.57. The Morgan fingerprint density at radius 1 is 0.938 bits per heavy atom. The van der Waals surface area contributed by atoms with Crippen molar-refractivity contribution in [2.45, 2.75) is 0 Å². The quantitative estimate of drug-likeness (QED) is 0.692. The molecule has 0 saturated heterocycles. The lowest BCUT2D eigenvalue weighted by atomic mass is 10.1. The minimum atomic E-state index is -0.441. The van der Waals surface area contributed by atoms with E-state index in [1.54, 1.807) is 12.1 Å². The Kier molecular flexibility index (Phi) is 3.26. The molecule has 0 amide bonds. The van der Waals surface area contributed by atoms with Gasteiger partial charge in [-0.05, 0) is 36.4 Å². The average Bonchev–Trinajstić information content (AvgIpc) is 2.22. The summed E-state index contributed by atoms with van der Waals surface area (Å²) in [4.78, 5) is 0. The van der Waals surface area contributed by atoms with Crippen LogP contribution in [-0.4, -0.2) is 0 Å². The van der Waals surface area contributed by atoms with Crippen molar-refractivity contribution in [2.75, 3.05) is 0 Å². The Labute approximate surface area is 105 Å². The third kappa shape index (κ3) is 2.25.